The highest BCUT2D eigenvalue weighted by Crippen LogP contribution is 2.60. The fraction of sp³-hybridized carbons (Fsp3) is 0.444. The maximum absolute atomic E-state index is 13.8. The normalized spacial score (nSPS) is 25.5. The summed E-state index contributed by atoms with van der Waals surface area (Å²) in [5.41, 5.74) is 3.64. The second kappa shape index (κ2) is 11.8. The first kappa shape index (κ1) is 28.7. The number of hydrogen-bond donors (Lipinski definition) is 2. The summed E-state index contributed by atoms with van der Waals surface area (Å²) in [5.74, 6) is 2.47. The number of amides is 2. The molecule has 0 spiro atoms. The summed E-state index contributed by atoms with van der Waals surface area (Å²) in [6, 6.07) is 19.9. The zero-order valence-corrected chi connectivity index (χ0v) is 25.4. The molecule has 4 bridgehead atoms. The number of methoxy groups -OCH3 is 1. The van der Waals surface area contributed by atoms with Gasteiger partial charge in [-0.25, -0.2) is 4.39 Å². The van der Waals surface area contributed by atoms with Gasteiger partial charge in [-0.1, -0.05) is 24.3 Å². The Kier molecular flexibility index (Phi) is 7.69. The zero-order chi connectivity index (χ0) is 30.3. The molecule has 4 saturated carbocycles. The van der Waals surface area contributed by atoms with E-state index >= 15 is 0 Å². The number of para-hydroxylation sites is 2. The third kappa shape index (κ3) is 5.62. The van der Waals surface area contributed by atoms with Crippen molar-refractivity contribution in [2.75, 3.05) is 48.4 Å². The van der Waals surface area contributed by atoms with Crippen LogP contribution in [0.15, 0.2) is 66.7 Å². The van der Waals surface area contributed by atoms with E-state index in [4.69, 9.17) is 4.74 Å². The minimum atomic E-state index is -0.308. The number of halogens is 1. The van der Waals surface area contributed by atoms with Gasteiger partial charge in [-0.3, -0.25) is 9.59 Å². The number of carbonyl (C=O) groups excluding carboxylic acids is 2. The molecular formula is C36H41FN4O3. The van der Waals surface area contributed by atoms with Crippen LogP contribution < -0.4 is 25.2 Å². The summed E-state index contributed by atoms with van der Waals surface area (Å²) in [7, 11) is 1.69. The van der Waals surface area contributed by atoms with E-state index in [1.807, 2.05) is 36.4 Å². The van der Waals surface area contributed by atoms with E-state index < -0.39 is 0 Å². The van der Waals surface area contributed by atoms with Crippen LogP contribution in [0.3, 0.4) is 0 Å². The predicted molar refractivity (Wildman–Crippen MR) is 171 cm³/mol. The highest BCUT2D eigenvalue weighted by molar-refractivity contribution is 6.03. The summed E-state index contributed by atoms with van der Waals surface area (Å²) in [6.07, 6.45) is 6.82. The number of anilines is 3. The molecule has 230 valence electrons. The van der Waals surface area contributed by atoms with Crippen molar-refractivity contribution in [3.05, 3.63) is 83.7 Å². The fourth-order valence-corrected chi connectivity index (χ4v) is 8.68. The molecule has 44 heavy (non-hydrogen) atoms. The number of piperazine rings is 1. The number of ether oxygens (including phenoxy) is 1. The zero-order valence-electron chi connectivity index (χ0n) is 25.4. The molecule has 0 aromatic heterocycles. The minimum Gasteiger partial charge on any atom is -0.495 e. The van der Waals surface area contributed by atoms with Crippen LogP contribution in [0.25, 0.3) is 0 Å². The minimum absolute atomic E-state index is 0.118. The highest BCUT2D eigenvalue weighted by Gasteiger charge is 2.54. The summed E-state index contributed by atoms with van der Waals surface area (Å²) < 4.78 is 19.0. The van der Waals surface area contributed by atoms with Crippen molar-refractivity contribution < 1.29 is 18.7 Å². The molecule has 1 heterocycles. The van der Waals surface area contributed by atoms with E-state index in [1.165, 1.54) is 31.4 Å². The Bertz CT molecular complexity index is 1500. The monoisotopic (exact) mass is 596 g/mol. The average Bonchev–Trinajstić information content (AvgIpc) is 3.04. The fourth-order valence-electron chi connectivity index (χ4n) is 8.68. The molecule has 3 aromatic rings. The number of nitrogens with one attached hydrogen (secondary N) is 2. The molecular weight excluding hydrogens is 555 g/mol. The Morgan fingerprint density at radius 2 is 1.45 bits per heavy atom. The van der Waals surface area contributed by atoms with E-state index in [2.05, 4.69) is 26.5 Å². The average molecular weight is 597 g/mol. The lowest BCUT2D eigenvalue weighted by molar-refractivity contribution is -0.140. The third-order valence-corrected chi connectivity index (χ3v) is 10.4. The van der Waals surface area contributed by atoms with Crippen LogP contribution in [0.1, 0.15) is 54.4 Å². The van der Waals surface area contributed by atoms with Gasteiger partial charge in [0.15, 0.2) is 0 Å². The SMILES string of the molecule is COc1ccccc1N1CCN(c2ccc(NC(=O)C34CC5CC(CC(C5)C3)C4)cc2C(=O)NCc2ccc(F)cc2)CC1. The number of benzene rings is 3. The van der Waals surface area contributed by atoms with Gasteiger partial charge in [-0.15, -0.1) is 0 Å². The van der Waals surface area contributed by atoms with Crippen LogP contribution in [0.2, 0.25) is 0 Å². The van der Waals surface area contributed by atoms with Gasteiger partial charge < -0.3 is 25.2 Å². The van der Waals surface area contributed by atoms with E-state index in [9.17, 15) is 14.0 Å². The second-order valence-electron chi connectivity index (χ2n) is 13.3. The maximum atomic E-state index is 13.8. The number of rotatable bonds is 8. The lowest BCUT2D eigenvalue weighted by Crippen LogP contribution is -2.51. The van der Waals surface area contributed by atoms with Crippen LogP contribution in [0.5, 0.6) is 5.75 Å². The van der Waals surface area contributed by atoms with Gasteiger partial charge in [-0.05, 0) is 104 Å². The maximum Gasteiger partial charge on any atom is 0.253 e. The standard InChI is InChI=1S/C36H41FN4O3/c1-44-33-5-3-2-4-32(33)41-14-12-40(13-15-41)31-11-10-29(19-30(31)34(42)38-23-24-6-8-28(37)9-7-24)39-35(43)36-20-25-16-26(21-36)18-27(17-25)22-36/h2-11,19,25-27H,12-18,20-23H2,1H3,(H,38,42)(H,39,43). The van der Waals surface area contributed by atoms with Gasteiger partial charge in [0.2, 0.25) is 5.91 Å². The molecule has 4 aliphatic carbocycles. The van der Waals surface area contributed by atoms with Crippen molar-refractivity contribution in [3.8, 4) is 5.75 Å². The lowest BCUT2D eigenvalue weighted by Gasteiger charge is -2.55. The van der Waals surface area contributed by atoms with Gasteiger partial charge in [0.1, 0.15) is 11.6 Å². The van der Waals surface area contributed by atoms with Gasteiger partial charge in [0, 0.05) is 44.1 Å². The van der Waals surface area contributed by atoms with Crippen LogP contribution in [0.4, 0.5) is 21.5 Å². The Labute approximate surface area is 258 Å². The summed E-state index contributed by atoms with van der Waals surface area (Å²) in [5, 5.41) is 6.27. The van der Waals surface area contributed by atoms with Crippen molar-refractivity contribution in [2.45, 2.75) is 45.1 Å². The Morgan fingerprint density at radius 1 is 0.841 bits per heavy atom. The molecule has 5 aliphatic rings. The van der Waals surface area contributed by atoms with Crippen LogP contribution >= 0.6 is 0 Å². The molecule has 2 amide bonds. The smallest absolute Gasteiger partial charge is 0.253 e. The van der Waals surface area contributed by atoms with Gasteiger partial charge in [0.25, 0.3) is 5.91 Å². The molecule has 0 unspecified atom stereocenters. The van der Waals surface area contributed by atoms with Gasteiger partial charge in [-0.2, -0.15) is 0 Å². The van der Waals surface area contributed by atoms with Crippen molar-refractivity contribution >= 4 is 28.9 Å². The van der Waals surface area contributed by atoms with Gasteiger partial charge >= 0.3 is 0 Å². The molecule has 5 fully saturated rings. The summed E-state index contributed by atoms with van der Waals surface area (Å²) >= 11 is 0. The number of nitrogens with zero attached hydrogens (tertiary/aromatic N) is 2. The Morgan fingerprint density at radius 3 is 2.09 bits per heavy atom. The Balaban J connectivity index is 1.11. The first-order chi connectivity index (χ1) is 21.4. The molecule has 3 aromatic carbocycles. The topological polar surface area (TPSA) is 73.9 Å². The number of hydrogen-bond acceptors (Lipinski definition) is 5. The van der Waals surface area contributed by atoms with E-state index in [1.54, 1.807) is 19.2 Å². The van der Waals surface area contributed by atoms with Crippen molar-refractivity contribution in [2.24, 2.45) is 23.2 Å². The van der Waals surface area contributed by atoms with Crippen LogP contribution in [-0.4, -0.2) is 45.1 Å². The number of carbonyl (C=O) groups is 2. The van der Waals surface area contributed by atoms with Crippen molar-refractivity contribution in [3.63, 3.8) is 0 Å². The second-order valence-corrected chi connectivity index (χ2v) is 13.3. The molecule has 8 rings (SSSR count). The quantitative estimate of drug-likeness (QED) is 0.322. The predicted octanol–water partition coefficient (Wildman–Crippen LogP) is 6.25. The molecule has 1 aliphatic heterocycles. The van der Waals surface area contributed by atoms with Crippen LogP contribution in [0, 0.1) is 29.0 Å². The molecule has 7 nitrogen and oxygen atoms in total. The molecule has 2 N–H and O–H groups in total. The van der Waals surface area contributed by atoms with E-state index in [0.29, 0.717) is 29.0 Å². The molecule has 8 heteroatoms. The Hall–Kier alpha value is -4.07. The van der Waals surface area contributed by atoms with E-state index in [-0.39, 0.29) is 29.6 Å². The van der Waals surface area contributed by atoms with Gasteiger partial charge in [0.05, 0.1) is 23.8 Å². The summed E-state index contributed by atoms with van der Waals surface area (Å²) in [6.45, 7) is 3.30. The molecule has 0 radical (unpaired) electrons. The largest absolute Gasteiger partial charge is 0.495 e. The lowest BCUT2D eigenvalue weighted by atomic mass is 9.49. The van der Waals surface area contributed by atoms with E-state index in [0.717, 1.165) is 68.1 Å². The van der Waals surface area contributed by atoms with Crippen molar-refractivity contribution in [1.82, 2.24) is 5.32 Å². The third-order valence-electron chi connectivity index (χ3n) is 10.4. The molecule has 1 saturated heterocycles. The highest BCUT2D eigenvalue weighted by atomic mass is 19.1. The van der Waals surface area contributed by atoms with Crippen LogP contribution in [-0.2, 0) is 11.3 Å². The first-order valence-electron chi connectivity index (χ1n) is 16.0. The first-order valence-corrected chi connectivity index (χ1v) is 16.0. The van der Waals surface area contributed by atoms with Crippen molar-refractivity contribution in [1.29, 1.82) is 0 Å². The summed E-state index contributed by atoms with van der Waals surface area (Å²) in [4.78, 5) is 32.1. The molecule has 0 atom stereocenters.